The van der Waals surface area contributed by atoms with E-state index in [9.17, 15) is 4.79 Å². The van der Waals surface area contributed by atoms with Gasteiger partial charge in [-0.1, -0.05) is 0 Å². The highest BCUT2D eigenvalue weighted by Crippen LogP contribution is 2.02. The summed E-state index contributed by atoms with van der Waals surface area (Å²) in [5, 5.41) is 2.96. The van der Waals surface area contributed by atoms with Crippen molar-refractivity contribution in [3.05, 3.63) is 0 Å². The minimum atomic E-state index is -0.108. The molecule has 1 N–H and O–H groups in total. The van der Waals surface area contributed by atoms with Crippen LogP contribution in [0, 0.1) is 0 Å². The molecule has 0 bridgehead atoms. The Morgan fingerprint density at radius 1 is 1.80 bits per heavy atom. The highest BCUT2D eigenvalue weighted by atomic mass is 35.5. The summed E-state index contributed by atoms with van der Waals surface area (Å²) in [6.45, 7) is 3.25. The van der Waals surface area contributed by atoms with Crippen LogP contribution in [0.2, 0.25) is 0 Å². The molecule has 0 spiro atoms. The molecule has 1 aliphatic heterocycles. The molecule has 0 radical (unpaired) electrons. The molecule has 0 amide bonds. The second-order valence-electron chi connectivity index (χ2n) is 2.05. The summed E-state index contributed by atoms with van der Waals surface area (Å²) in [4.78, 5) is 10.7. The van der Waals surface area contributed by atoms with Gasteiger partial charge in [0.25, 0.3) is 0 Å². The van der Waals surface area contributed by atoms with Crippen LogP contribution >= 0.6 is 12.4 Å². The Hall–Kier alpha value is -0.280. The van der Waals surface area contributed by atoms with E-state index in [0.29, 0.717) is 6.61 Å². The third-order valence-electron chi connectivity index (χ3n) is 1.39. The van der Waals surface area contributed by atoms with Gasteiger partial charge in [-0.2, -0.15) is 0 Å². The molecular formula is C6H12ClNO2. The summed E-state index contributed by atoms with van der Waals surface area (Å²) in [5.74, 6) is -0.108. The van der Waals surface area contributed by atoms with Crippen LogP contribution in [0.15, 0.2) is 0 Å². The molecule has 3 nitrogen and oxygen atoms in total. The van der Waals surface area contributed by atoms with Crippen LogP contribution in [-0.2, 0) is 9.53 Å². The zero-order chi connectivity index (χ0) is 6.69. The summed E-state index contributed by atoms with van der Waals surface area (Å²) in [6.07, 6.45) is 0.929. The van der Waals surface area contributed by atoms with Gasteiger partial charge in [-0.25, -0.2) is 0 Å². The van der Waals surface area contributed by atoms with Crippen LogP contribution < -0.4 is 5.32 Å². The van der Waals surface area contributed by atoms with E-state index in [1.54, 1.807) is 0 Å². The summed E-state index contributed by atoms with van der Waals surface area (Å²) < 4.78 is 4.74. The number of ether oxygens (including phenoxy) is 1. The molecule has 1 saturated heterocycles. The lowest BCUT2D eigenvalue weighted by Crippen LogP contribution is -2.49. The molecule has 1 rings (SSSR count). The zero-order valence-corrected chi connectivity index (χ0v) is 6.74. The Bertz CT molecular complexity index is 114. The Kier molecular flexibility index (Phi) is 4.40. The predicted molar refractivity (Wildman–Crippen MR) is 40.3 cm³/mol. The first-order valence-corrected chi connectivity index (χ1v) is 3.24. The summed E-state index contributed by atoms with van der Waals surface area (Å²) in [6, 6.07) is -0.00931. The maximum Gasteiger partial charge on any atom is 0.323 e. The number of halogens is 1. The first-order valence-electron chi connectivity index (χ1n) is 3.24. The third-order valence-corrected chi connectivity index (χ3v) is 1.39. The lowest BCUT2D eigenvalue weighted by atomic mass is 10.1. The first kappa shape index (κ1) is 9.72. The van der Waals surface area contributed by atoms with E-state index >= 15 is 0 Å². The molecule has 1 aliphatic rings. The fourth-order valence-corrected chi connectivity index (χ4v) is 0.733. The van der Waals surface area contributed by atoms with Gasteiger partial charge in [0, 0.05) is 0 Å². The molecule has 0 saturated carbocycles. The van der Waals surface area contributed by atoms with Crippen LogP contribution in [-0.4, -0.2) is 25.2 Å². The molecule has 4 heteroatoms. The highest BCUT2D eigenvalue weighted by molar-refractivity contribution is 5.85. The van der Waals surface area contributed by atoms with E-state index in [1.165, 1.54) is 0 Å². The van der Waals surface area contributed by atoms with Crippen molar-refractivity contribution in [3.8, 4) is 0 Å². The molecule has 0 aliphatic carbocycles. The fraction of sp³-hybridized carbons (Fsp3) is 0.833. The van der Waals surface area contributed by atoms with Crippen molar-refractivity contribution in [2.45, 2.75) is 19.4 Å². The quantitative estimate of drug-likeness (QED) is 0.600. The maximum atomic E-state index is 10.7. The van der Waals surface area contributed by atoms with Crippen molar-refractivity contribution in [3.63, 3.8) is 0 Å². The Labute approximate surface area is 66.5 Å². The van der Waals surface area contributed by atoms with Crippen LogP contribution in [0.3, 0.4) is 0 Å². The number of hydrogen-bond donors (Lipinski definition) is 1. The Balaban J connectivity index is 0.000000810. The predicted octanol–water partition coefficient (Wildman–Crippen LogP) is 0.333. The van der Waals surface area contributed by atoms with Gasteiger partial charge in [0.1, 0.15) is 6.04 Å². The van der Waals surface area contributed by atoms with E-state index in [4.69, 9.17) is 4.74 Å². The van der Waals surface area contributed by atoms with E-state index in [2.05, 4.69) is 5.32 Å². The molecule has 0 aromatic carbocycles. The number of carbonyl (C=O) groups excluding carboxylic acids is 1. The SMILES string of the molecule is CCOC(=O)C1CCN1.Cl. The van der Waals surface area contributed by atoms with Crippen molar-refractivity contribution in [1.82, 2.24) is 5.32 Å². The van der Waals surface area contributed by atoms with E-state index in [1.807, 2.05) is 6.92 Å². The highest BCUT2D eigenvalue weighted by Gasteiger charge is 2.25. The minimum absolute atomic E-state index is 0. The second-order valence-corrected chi connectivity index (χ2v) is 2.05. The topological polar surface area (TPSA) is 38.3 Å². The lowest BCUT2D eigenvalue weighted by Gasteiger charge is -2.24. The zero-order valence-electron chi connectivity index (χ0n) is 5.92. The van der Waals surface area contributed by atoms with Gasteiger partial charge in [0.2, 0.25) is 0 Å². The molecular weight excluding hydrogens is 154 g/mol. The molecule has 60 valence electrons. The van der Waals surface area contributed by atoms with Crippen LogP contribution in [0.25, 0.3) is 0 Å². The Morgan fingerprint density at radius 2 is 2.40 bits per heavy atom. The van der Waals surface area contributed by atoms with Gasteiger partial charge in [-0.15, -0.1) is 12.4 Å². The van der Waals surface area contributed by atoms with Crippen molar-refractivity contribution in [1.29, 1.82) is 0 Å². The van der Waals surface area contributed by atoms with Crippen LogP contribution in [0.5, 0.6) is 0 Å². The standard InChI is InChI=1S/C6H11NO2.ClH/c1-2-9-6(8)5-3-4-7-5;/h5,7H,2-4H2,1H3;1H. The monoisotopic (exact) mass is 165 g/mol. The second kappa shape index (κ2) is 4.52. The molecule has 0 aromatic rings. The number of rotatable bonds is 2. The largest absolute Gasteiger partial charge is 0.465 e. The number of nitrogens with one attached hydrogen (secondary N) is 1. The van der Waals surface area contributed by atoms with Gasteiger partial charge < -0.3 is 10.1 Å². The minimum Gasteiger partial charge on any atom is -0.465 e. The van der Waals surface area contributed by atoms with Gasteiger partial charge in [0.15, 0.2) is 0 Å². The van der Waals surface area contributed by atoms with Crippen molar-refractivity contribution in [2.75, 3.05) is 13.2 Å². The van der Waals surface area contributed by atoms with E-state index < -0.39 is 0 Å². The van der Waals surface area contributed by atoms with Crippen molar-refractivity contribution < 1.29 is 9.53 Å². The summed E-state index contributed by atoms with van der Waals surface area (Å²) >= 11 is 0. The third kappa shape index (κ3) is 2.15. The molecule has 1 fully saturated rings. The lowest BCUT2D eigenvalue weighted by molar-refractivity contribution is -0.147. The Morgan fingerprint density at radius 3 is 2.70 bits per heavy atom. The van der Waals surface area contributed by atoms with E-state index in [-0.39, 0.29) is 24.4 Å². The van der Waals surface area contributed by atoms with Crippen LogP contribution in [0.4, 0.5) is 0 Å². The van der Waals surface area contributed by atoms with Gasteiger partial charge in [0.05, 0.1) is 6.61 Å². The molecule has 10 heavy (non-hydrogen) atoms. The number of carbonyl (C=O) groups is 1. The molecule has 0 aromatic heterocycles. The van der Waals surface area contributed by atoms with Gasteiger partial charge in [-0.3, -0.25) is 4.79 Å². The van der Waals surface area contributed by atoms with Gasteiger partial charge >= 0.3 is 5.97 Å². The summed E-state index contributed by atoms with van der Waals surface area (Å²) in [5.41, 5.74) is 0. The number of hydrogen-bond acceptors (Lipinski definition) is 3. The van der Waals surface area contributed by atoms with E-state index in [0.717, 1.165) is 13.0 Å². The number of esters is 1. The van der Waals surface area contributed by atoms with Crippen molar-refractivity contribution >= 4 is 18.4 Å². The smallest absolute Gasteiger partial charge is 0.323 e. The average molecular weight is 166 g/mol. The normalized spacial score (nSPS) is 22.3. The summed E-state index contributed by atoms with van der Waals surface area (Å²) in [7, 11) is 0. The first-order chi connectivity index (χ1) is 4.34. The molecule has 1 atom stereocenters. The van der Waals surface area contributed by atoms with Crippen LogP contribution in [0.1, 0.15) is 13.3 Å². The maximum absolute atomic E-state index is 10.7. The molecule has 1 unspecified atom stereocenters. The average Bonchev–Trinajstić information content (AvgIpc) is 1.60. The molecule has 1 heterocycles. The van der Waals surface area contributed by atoms with Gasteiger partial charge in [-0.05, 0) is 19.9 Å². The fourth-order valence-electron chi connectivity index (χ4n) is 0.733. The van der Waals surface area contributed by atoms with Crippen molar-refractivity contribution in [2.24, 2.45) is 0 Å².